The number of hydrogen-bond donors (Lipinski definition) is 1. The Bertz CT molecular complexity index is 667. The van der Waals surface area contributed by atoms with Gasteiger partial charge in [0.25, 0.3) is 0 Å². The Hall–Kier alpha value is -1.94. The molecule has 0 bridgehead atoms. The van der Waals surface area contributed by atoms with Crippen LogP contribution in [0.1, 0.15) is 31.1 Å². The smallest absolute Gasteiger partial charge is 0.124 e. The molecule has 3 heterocycles. The molecule has 0 saturated carbocycles. The van der Waals surface area contributed by atoms with Crippen LogP contribution in [0, 0.1) is 0 Å². The van der Waals surface area contributed by atoms with Crippen molar-refractivity contribution in [2.75, 3.05) is 13.1 Å². The molecule has 1 fully saturated rings. The van der Waals surface area contributed by atoms with Gasteiger partial charge in [0.1, 0.15) is 23.4 Å². The third kappa shape index (κ3) is 2.02. The van der Waals surface area contributed by atoms with Crippen molar-refractivity contribution in [1.82, 2.24) is 4.90 Å². The van der Waals surface area contributed by atoms with Gasteiger partial charge in [-0.25, -0.2) is 0 Å². The maximum absolute atomic E-state index is 9.84. The van der Waals surface area contributed by atoms with E-state index in [4.69, 9.17) is 9.15 Å². The molecule has 0 unspecified atom stereocenters. The fraction of sp³-hybridized carbons (Fsp3) is 0.444. The lowest BCUT2D eigenvalue weighted by Gasteiger charge is -2.42. The van der Waals surface area contributed by atoms with Crippen LogP contribution in [-0.2, 0) is 12.0 Å². The number of rotatable bonds is 3. The lowest BCUT2D eigenvalue weighted by atomic mass is 9.70. The molecule has 0 amide bonds. The minimum atomic E-state index is 0.0355. The van der Waals surface area contributed by atoms with E-state index in [0.717, 1.165) is 44.0 Å². The summed E-state index contributed by atoms with van der Waals surface area (Å²) in [6.45, 7) is 4.96. The van der Waals surface area contributed by atoms with Crippen molar-refractivity contribution in [3.8, 4) is 11.5 Å². The van der Waals surface area contributed by atoms with Gasteiger partial charge in [-0.3, -0.25) is 4.90 Å². The molecule has 1 N–H and O–H groups in total. The number of furan rings is 1. The van der Waals surface area contributed by atoms with Crippen molar-refractivity contribution in [2.24, 2.45) is 0 Å². The monoisotopic (exact) mass is 299 g/mol. The highest BCUT2D eigenvalue weighted by atomic mass is 16.5. The van der Waals surface area contributed by atoms with Crippen LogP contribution in [0.15, 0.2) is 41.0 Å². The Balaban J connectivity index is 1.59. The van der Waals surface area contributed by atoms with Gasteiger partial charge >= 0.3 is 0 Å². The molecule has 0 spiro atoms. The van der Waals surface area contributed by atoms with Gasteiger partial charge < -0.3 is 14.3 Å². The molecule has 0 aliphatic carbocycles. The summed E-state index contributed by atoms with van der Waals surface area (Å²) in [4.78, 5) is 2.39. The molecule has 1 saturated heterocycles. The summed E-state index contributed by atoms with van der Waals surface area (Å²) in [5.74, 6) is 2.26. The Labute approximate surface area is 130 Å². The fourth-order valence-electron chi connectivity index (χ4n) is 4.00. The third-order valence-electron chi connectivity index (χ3n) is 5.27. The summed E-state index contributed by atoms with van der Waals surface area (Å²) in [6.07, 6.45) is 3.95. The third-order valence-corrected chi connectivity index (χ3v) is 5.27. The van der Waals surface area contributed by atoms with Gasteiger partial charge in [0.05, 0.1) is 12.8 Å². The second-order valence-corrected chi connectivity index (χ2v) is 6.36. The zero-order chi connectivity index (χ0) is 15.2. The van der Waals surface area contributed by atoms with Crippen LogP contribution in [-0.4, -0.2) is 29.2 Å². The molecule has 2 aliphatic rings. The van der Waals surface area contributed by atoms with Crippen LogP contribution >= 0.6 is 0 Å². The van der Waals surface area contributed by atoms with Crippen molar-refractivity contribution in [3.63, 3.8) is 0 Å². The van der Waals surface area contributed by atoms with E-state index in [1.165, 1.54) is 5.56 Å². The van der Waals surface area contributed by atoms with E-state index in [1.807, 2.05) is 24.3 Å². The predicted octanol–water partition coefficient (Wildman–Crippen LogP) is 3.30. The van der Waals surface area contributed by atoms with E-state index in [9.17, 15) is 5.11 Å². The average Bonchev–Trinajstić information content (AvgIpc) is 3.13. The van der Waals surface area contributed by atoms with Crippen LogP contribution in [0.4, 0.5) is 0 Å². The minimum absolute atomic E-state index is 0.0355. The van der Waals surface area contributed by atoms with Crippen LogP contribution in [0.5, 0.6) is 11.5 Å². The van der Waals surface area contributed by atoms with E-state index in [0.29, 0.717) is 5.75 Å². The van der Waals surface area contributed by atoms with Gasteiger partial charge in [0.15, 0.2) is 0 Å². The van der Waals surface area contributed by atoms with Crippen molar-refractivity contribution >= 4 is 0 Å². The minimum Gasteiger partial charge on any atom is -0.508 e. The first-order valence-electron chi connectivity index (χ1n) is 7.96. The molecule has 2 aromatic rings. The van der Waals surface area contributed by atoms with Gasteiger partial charge in [-0.15, -0.1) is 0 Å². The molecule has 4 heteroatoms. The maximum Gasteiger partial charge on any atom is 0.124 e. The standard InChI is InChI=1S/C18H21NO3/c1-2-18-7-8-19(11-14-4-3-9-21-14)12-17(18)22-16-6-5-13(20)10-15(16)18/h3-6,9-10,17,20H,2,7-8,11-12H2,1H3/t17-,18-/m0/s1. The molecule has 0 radical (unpaired) electrons. The number of benzene rings is 1. The van der Waals surface area contributed by atoms with Crippen LogP contribution in [0.2, 0.25) is 0 Å². The average molecular weight is 299 g/mol. The second kappa shape index (κ2) is 5.06. The highest BCUT2D eigenvalue weighted by molar-refractivity contribution is 5.49. The number of aromatic hydroxyl groups is 1. The van der Waals surface area contributed by atoms with Crippen LogP contribution < -0.4 is 4.74 Å². The molecule has 22 heavy (non-hydrogen) atoms. The number of likely N-dealkylation sites (tertiary alicyclic amines) is 1. The summed E-state index contributed by atoms with van der Waals surface area (Å²) in [7, 11) is 0. The van der Waals surface area contributed by atoms with Gasteiger partial charge in [0, 0.05) is 17.5 Å². The van der Waals surface area contributed by atoms with Crippen LogP contribution in [0.3, 0.4) is 0 Å². The Morgan fingerprint density at radius 1 is 1.36 bits per heavy atom. The first-order chi connectivity index (χ1) is 10.7. The van der Waals surface area contributed by atoms with E-state index in [-0.39, 0.29) is 11.5 Å². The Morgan fingerprint density at radius 2 is 2.27 bits per heavy atom. The zero-order valence-electron chi connectivity index (χ0n) is 12.8. The SMILES string of the molecule is CC[C@@]12CCN(Cc3ccco3)C[C@@H]1Oc1ccc(O)cc12. The summed E-state index contributed by atoms with van der Waals surface area (Å²) in [6, 6.07) is 9.45. The molecule has 4 rings (SSSR count). The molecular formula is C18H21NO3. The summed E-state index contributed by atoms with van der Waals surface area (Å²) in [5, 5.41) is 9.84. The molecular weight excluding hydrogens is 278 g/mol. The van der Waals surface area contributed by atoms with E-state index < -0.39 is 0 Å². The number of nitrogens with zero attached hydrogens (tertiary/aromatic N) is 1. The first-order valence-corrected chi connectivity index (χ1v) is 7.96. The quantitative estimate of drug-likeness (QED) is 0.944. The number of fused-ring (bicyclic) bond motifs is 3. The van der Waals surface area contributed by atoms with Crippen molar-refractivity contribution < 1.29 is 14.3 Å². The Kier molecular flexibility index (Phi) is 3.15. The van der Waals surface area contributed by atoms with E-state index in [1.54, 1.807) is 12.3 Å². The second-order valence-electron chi connectivity index (χ2n) is 6.36. The lowest BCUT2D eigenvalue weighted by molar-refractivity contribution is 0.0339. The van der Waals surface area contributed by atoms with Gasteiger partial charge in [-0.1, -0.05) is 6.92 Å². The van der Waals surface area contributed by atoms with Crippen molar-refractivity contribution in [3.05, 3.63) is 47.9 Å². The molecule has 4 nitrogen and oxygen atoms in total. The summed E-state index contributed by atoms with van der Waals surface area (Å²) in [5.41, 5.74) is 1.21. The number of hydrogen-bond acceptors (Lipinski definition) is 4. The van der Waals surface area contributed by atoms with Gasteiger partial charge in [-0.2, -0.15) is 0 Å². The maximum atomic E-state index is 9.84. The normalized spacial score (nSPS) is 27.2. The highest BCUT2D eigenvalue weighted by Gasteiger charge is 2.50. The number of ether oxygens (including phenoxy) is 1. The summed E-state index contributed by atoms with van der Waals surface area (Å²) < 4.78 is 11.7. The number of piperidine rings is 1. The van der Waals surface area contributed by atoms with E-state index in [2.05, 4.69) is 11.8 Å². The molecule has 2 atom stereocenters. The van der Waals surface area contributed by atoms with Gasteiger partial charge in [0.2, 0.25) is 0 Å². The fourth-order valence-corrected chi connectivity index (χ4v) is 4.00. The molecule has 116 valence electrons. The zero-order valence-corrected chi connectivity index (χ0v) is 12.8. The van der Waals surface area contributed by atoms with Crippen LogP contribution in [0.25, 0.3) is 0 Å². The number of phenols is 1. The number of phenolic OH excluding ortho intramolecular Hbond substituents is 1. The first kappa shape index (κ1) is 13.7. The van der Waals surface area contributed by atoms with Crippen molar-refractivity contribution in [1.29, 1.82) is 0 Å². The molecule has 1 aromatic heterocycles. The molecule has 1 aromatic carbocycles. The lowest BCUT2D eigenvalue weighted by Crippen LogP contribution is -2.52. The highest BCUT2D eigenvalue weighted by Crippen LogP contribution is 2.50. The van der Waals surface area contributed by atoms with E-state index >= 15 is 0 Å². The topological polar surface area (TPSA) is 45.8 Å². The van der Waals surface area contributed by atoms with Gasteiger partial charge in [-0.05, 0) is 49.7 Å². The predicted molar refractivity (Wildman–Crippen MR) is 83.1 cm³/mol. The summed E-state index contributed by atoms with van der Waals surface area (Å²) >= 11 is 0. The molecule has 2 aliphatic heterocycles. The largest absolute Gasteiger partial charge is 0.508 e. The van der Waals surface area contributed by atoms with Crippen molar-refractivity contribution in [2.45, 2.75) is 37.8 Å². The Morgan fingerprint density at radius 3 is 3.05 bits per heavy atom.